The molecule has 0 fully saturated rings. The van der Waals surface area contributed by atoms with Crippen molar-refractivity contribution in [2.75, 3.05) is 11.9 Å². The molecule has 1 unspecified atom stereocenters. The SMILES string of the molecule is CCC(c1nc2ccccc2c(=O)n1C)N(CCc1ccccc1)C(=O)Nc1cccc(Cl)c1. The van der Waals surface area contributed by atoms with Crippen molar-refractivity contribution >= 4 is 34.2 Å². The van der Waals surface area contributed by atoms with Crippen LogP contribution in [0.15, 0.2) is 83.7 Å². The Morgan fingerprint density at radius 3 is 2.53 bits per heavy atom. The second kappa shape index (κ2) is 10.5. The van der Waals surface area contributed by atoms with E-state index in [2.05, 4.69) is 5.32 Å². The van der Waals surface area contributed by atoms with E-state index in [1.54, 1.807) is 46.8 Å². The minimum absolute atomic E-state index is 0.127. The number of carbonyl (C=O) groups is 1. The van der Waals surface area contributed by atoms with Gasteiger partial charge in [-0.15, -0.1) is 0 Å². The smallest absolute Gasteiger partial charge is 0.314 e. The molecular formula is C27H27ClN4O2. The first kappa shape index (κ1) is 23.5. The highest BCUT2D eigenvalue weighted by Crippen LogP contribution is 2.25. The number of hydrogen-bond acceptors (Lipinski definition) is 3. The molecule has 3 aromatic carbocycles. The zero-order chi connectivity index (χ0) is 24.1. The zero-order valence-electron chi connectivity index (χ0n) is 19.2. The van der Waals surface area contributed by atoms with E-state index < -0.39 is 6.04 Å². The molecule has 0 saturated heterocycles. The number of rotatable bonds is 7. The Morgan fingerprint density at radius 2 is 1.79 bits per heavy atom. The molecule has 6 nitrogen and oxygen atoms in total. The second-order valence-electron chi connectivity index (χ2n) is 8.14. The number of hydrogen-bond donors (Lipinski definition) is 1. The number of aromatic nitrogens is 2. The molecule has 0 aliphatic carbocycles. The van der Waals surface area contributed by atoms with E-state index in [4.69, 9.17) is 16.6 Å². The fraction of sp³-hybridized carbons (Fsp3) is 0.222. The van der Waals surface area contributed by atoms with Gasteiger partial charge >= 0.3 is 6.03 Å². The van der Waals surface area contributed by atoms with E-state index in [0.29, 0.717) is 46.8 Å². The van der Waals surface area contributed by atoms with Crippen LogP contribution in [-0.2, 0) is 13.5 Å². The predicted molar refractivity (Wildman–Crippen MR) is 137 cm³/mol. The summed E-state index contributed by atoms with van der Waals surface area (Å²) in [6.45, 7) is 2.45. The molecule has 0 saturated carbocycles. The molecule has 34 heavy (non-hydrogen) atoms. The van der Waals surface area contributed by atoms with Crippen LogP contribution >= 0.6 is 11.6 Å². The number of benzene rings is 3. The number of fused-ring (bicyclic) bond motifs is 1. The number of halogens is 1. The molecule has 4 rings (SSSR count). The van der Waals surface area contributed by atoms with Crippen LogP contribution in [0.3, 0.4) is 0 Å². The van der Waals surface area contributed by atoms with Crippen LogP contribution in [0.2, 0.25) is 5.02 Å². The molecule has 2 amide bonds. The largest absolute Gasteiger partial charge is 0.322 e. The maximum absolute atomic E-state index is 13.5. The summed E-state index contributed by atoms with van der Waals surface area (Å²) in [5.41, 5.74) is 2.23. The van der Waals surface area contributed by atoms with Gasteiger partial charge in [0.15, 0.2) is 0 Å². The van der Waals surface area contributed by atoms with Gasteiger partial charge in [0.25, 0.3) is 5.56 Å². The van der Waals surface area contributed by atoms with E-state index in [9.17, 15) is 9.59 Å². The normalized spacial score (nSPS) is 11.9. The maximum Gasteiger partial charge on any atom is 0.322 e. The molecule has 0 radical (unpaired) electrons. The number of nitrogens with zero attached hydrogens (tertiary/aromatic N) is 3. The lowest BCUT2D eigenvalue weighted by atomic mass is 10.1. The quantitative estimate of drug-likeness (QED) is 0.367. The first-order valence-electron chi connectivity index (χ1n) is 11.3. The van der Waals surface area contributed by atoms with Crippen molar-refractivity contribution in [3.8, 4) is 0 Å². The van der Waals surface area contributed by atoms with E-state index in [-0.39, 0.29) is 11.6 Å². The summed E-state index contributed by atoms with van der Waals surface area (Å²) in [4.78, 5) is 33.2. The van der Waals surface area contributed by atoms with Gasteiger partial charge in [0.05, 0.1) is 16.9 Å². The van der Waals surface area contributed by atoms with Crippen molar-refractivity contribution in [3.63, 3.8) is 0 Å². The predicted octanol–water partition coefficient (Wildman–Crippen LogP) is 5.81. The fourth-order valence-electron chi connectivity index (χ4n) is 4.13. The second-order valence-corrected chi connectivity index (χ2v) is 8.58. The van der Waals surface area contributed by atoms with Gasteiger partial charge in [-0.3, -0.25) is 9.36 Å². The Hall–Kier alpha value is -3.64. The Bertz CT molecular complexity index is 1350. The van der Waals surface area contributed by atoms with Crippen molar-refractivity contribution in [2.45, 2.75) is 25.8 Å². The molecule has 1 atom stereocenters. The molecule has 0 spiro atoms. The minimum atomic E-state index is -0.398. The van der Waals surface area contributed by atoms with E-state index in [1.165, 1.54) is 0 Å². The lowest BCUT2D eigenvalue weighted by Gasteiger charge is -2.32. The van der Waals surface area contributed by atoms with Gasteiger partial charge in [-0.05, 0) is 48.7 Å². The third kappa shape index (κ3) is 5.13. The lowest BCUT2D eigenvalue weighted by Crippen LogP contribution is -2.41. The highest BCUT2D eigenvalue weighted by molar-refractivity contribution is 6.30. The number of anilines is 1. The van der Waals surface area contributed by atoms with Gasteiger partial charge < -0.3 is 10.2 Å². The highest BCUT2D eigenvalue weighted by Gasteiger charge is 2.28. The standard InChI is InChI=1S/C27H27ClN4O2/c1-3-24(25-30-23-15-8-7-14-22(23)26(33)31(25)2)32(17-16-19-10-5-4-6-11-19)27(34)29-21-13-9-12-20(28)18-21/h4-15,18,24H,3,16-17H2,1-2H3,(H,29,34). The number of para-hydroxylation sites is 1. The average Bonchev–Trinajstić information content (AvgIpc) is 2.85. The van der Waals surface area contributed by atoms with Crippen LogP contribution in [0.5, 0.6) is 0 Å². The molecule has 0 aliphatic heterocycles. The third-order valence-electron chi connectivity index (χ3n) is 5.90. The summed E-state index contributed by atoms with van der Waals surface area (Å²) in [7, 11) is 1.71. The number of urea groups is 1. The van der Waals surface area contributed by atoms with Crippen LogP contribution in [0.4, 0.5) is 10.5 Å². The van der Waals surface area contributed by atoms with E-state index >= 15 is 0 Å². The van der Waals surface area contributed by atoms with Gasteiger partial charge in [-0.25, -0.2) is 9.78 Å². The van der Waals surface area contributed by atoms with Crippen molar-refractivity contribution in [2.24, 2.45) is 7.05 Å². The third-order valence-corrected chi connectivity index (χ3v) is 6.13. The summed E-state index contributed by atoms with van der Waals surface area (Å²) in [6.07, 6.45) is 1.26. The van der Waals surface area contributed by atoms with Crippen molar-refractivity contribution in [1.82, 2.24) is 14.5 Å². The van der Waals surface area contributed by atoms with Gasteiger partial charge in [0.2, 0.25) is 0 Å². The summed E-state index contributed by atoms with van der Waals surface area (Å²) in [5.74, 6) is 0.556. The van der Waals surface area contributed by atoms with E-state index in [1.807, 2.05) is 55.5 Å². The number of nitrogens with one attached hydrogen (secondary N) is 1. The Morgan fingerprint density at radius 1 is 1.06 bits per heavy atom. The van der Waals surface area contributed by atoms with Gasteiger partial charge in [0.1, 0.15) is 5.82 Å². The molecule has 0 bridgehead atoms. The highest BCUT2D eigenvalue weighted by atomic mass is 35.5. The van der Waals surface area contributed by atoms with Crippen LogP contribution in [0.1, 0.15) is 30.8 Å². The zero-order valence-corrected chi connectivity index (χ0v) is 20.0. The molecular weight excluding hydrogens is 448 g/mol. The molecule has 1 aromatic heterocycles. The molecule has 0 aliphatic rings. The van der Waals surface area contributed by atoms with Gasteiger partial charge in [-0.1, -0.05) is 67.1 Å². The Kier molecular flexibility index (Phi) is 7.28. The maximum atomic E-state index is 13.5. The topological polar surface area (TPSA) is 67.2 Å². The van der Waals surface area contributed by atoms with Crippen LogP contribution < -0.4 is 10.9 Å². The monoisotopic (exact) mass is 474 g/mol. The lowest BCUT2D eigenvalue weighted by molar-refractivity contribution is 0.181. The van der Waals surface area contributed by atoms with Gasteiger partial charge in [-0.2, -0.15) is 0 Å². The minimum Gasteiger partial charge on any atom is -0.314 e. The Labute approximate surface area is 203 Å². The summed E-state index contributed by atoms with van der Waals surface area (Å²) in [6, 6.07) is 23.7. The molecule has 1 N–H and O–H groups in total. The van der Waals surface area contributed by atoms with Crippen LogP contribution in [-0.4, -0.2) is 27.0 Å². The van der Waals surface area contributed by atoms with Crippen molar-refractivity contribution < 1.29 is 4.79 Å². The van der Waals surface area contributed by atoms with Gasteiger partial charge in [0, 0.05) is 24.3 Å². The fourth-order valence-corrected chi connectivity index (χ4v) is 4.32. The summed E-state index contributed by atoms with van der Waals surface area (Å²) < 4.78 is 1.55. The number of amides is 2. The molecule has 174 valence electrons. The van der Waals surface area contributed by atoms with E-state index in [0.717, 1.165) is 5.56 Å². The molecule has 4 aromatic rings. The Balaban J connectivity index is 1.72. The van der Waals surface area contributed by atoms with Crippen LogP contribution in [0, 0.1) is 0 Å². The first-order valence-corrected chi connectivity index (χ1v) is 11.7. The van der Waals surface area contributed by atoms with Crippen molar-refractivity contribution in [3.05, 3.63) is 106 Å². The summed E-state index contributed by atoms with van der Waals surface area (Å²) >= 11 is 6.12. The first-order chi connectivity index (χ1) is 16.5. The molecule has 7 heteroatoms. The van der Waals surface area contributed by atoms with Crippen LogP contribution in [0.25, 0.3) is 10.9 Å². The van der Waals surface area contributed by atoms with Crippen molar-refractivity contribution in [1.29, 1.82) is 0 Å². The average molecular weight is 475 g/mol. The summed E-state index contributed by atoms with van der Waals surface area (Å²) in [5, 5.41) is 4.06. The number of carbonyl (C=O) groups excluding carboxylic acids is 1. The molecule has 1 heterocycles.